The number of carboxylic acids is 1. The largest absolute Gasteiger partial charge is 0.480 e. The molecule has 0 spiro atoms. The van der Waals surface area contributed by atoms with Crippen LogP contribution >= 0.6 is 0 Å². The topological polar surface area (TPSA) is 78.9 Å². The van der Waals surface area contributed by atoms with Crippen molar-refractivity contribution < 1.29 is 19.4 Å². The van der Waals surface area contributed by atoms with E-state index in [9.17, 15) is 9.59 Å². The Balaban J connectivity index is 2.62. The van der Waals surface area contributed by atoms with Gasteiger partial charge in [-0.25, -0.2) is 9.59 Å². The van der Waals surface area contributed by atoms with Gasteiger partial charge in [0.2, 0.25) is 0 Å². The number of carboxylic acid groups (broad SMARTS) is 1. The van der Waals surface area contributed by atoms with E-state index in [1.807, 2.05) is 13.8 Å². The van der Waals surface area contributed by atoms with Gasteiger partial charge in [0.1, 0.15) is 6.04 Å². The lowest BCUT2D eigenvalue weighted by atomic mass is 9.98. The third-order valence-corrected chi connectivity index (χ3v) is 3.63. The number of hydrogen-bond donors (Lipinski definition) is 2. The molecule has 0 radical (unpaired) electrons. The number of ether oxygens (including phenoxy) is 1. The fourth-order valence-corrected chi connectivity index (χ4v) is 2.54. The third-order valence-electron chi connectivity index (χ3n) is 3.63. The van der Waals surface area contributed by atoms with Crippen molar-refractivity contribution in [1.29, 1.82) is 0 Å². The number of hydrogen-bond acceptors (Lipinski definition) is 3. The predicted octanol–water partition coefficient (Wildman–Crippen LogP) is 1.45. The maximum absolute atomic E-state index is 12.2. The molecule has 2 N–H and O–H groups in total. The SMILES string of the molecule is COCCC(NC(=O)N1C(C)CCCC1C)C(=O)O. The van der Waals surface area contributed by atoms with Gasteiger partial charge in [-0.2, -0.15) is 0 Å². The van der Waals surface area contributed by atoms with Crippen molar-refractivity contribution in [2.75, 3.05) is 13.7 Å². The second-order valence-electron chi connectivity index (χ2n) is 5.16. The number of nitrogens with zero attached hydrogens (tertiary/aromatic N) is 1. The molecule has 1 saturated heterocycles. The predicted molar refractivity (Wildman–Crippen MR) is 71.1 cm³/mol. The summed E-state index contributed by atoms with van der Waals surface area (Å²) in [6, 6.07) is -0.877. The van der Waals surface area contributed by atoms with Gasteiger partial charge in [0.15, 0.2) is 0 Å². The molecule has 0 aromatic heterocycles. The molecule has 0 aromatic carbocycles. The first-order valence-electron chi connectivity index (χ1n) is 6.78. The number of likely N-dealkylation sites (tertiary alicyclic amines) is 1. The van der Waals surface area contributed by atoms with E-state index in [4.69, 9.17) is 9.84 Å². The van der Waals surface area contributed by atoms with E-state index in [2.05, 4.69) is 5.32 Å². The number of urea groups is 1. The van der Waals surface area contributed by atoms with Gasteiger partial charge in [-0.15, -0.1) is 0 Å². The molecule has 0 aliphatic carbocycles. The monoisotopic (exact) mass is 272 g/mol. The maximum Gasteiger partial charge on any atom is 0.326 e. The Morgan fingerprint density at radius 3 is 2.42 bits per heavy atom. The van der Waals surface area contributed by atoms with Crippen LogP contribution in [0.2, 0.25) is 0 Å². The van der Waals surface area contributed by atoms with E-state index in [-0.39, 0.29) is 24.5 Å². The summed E-state index contributed by atoms with van der Waals surface area (Å²) in [5.41, 5.74) is 0. The van der Waals surface area contributed by atoms with Gasteiger partial charge in [-0.3, -0.25) is 0 Å². The van der Waals surface area contributed by atoms with E-state index in [0.717, 1.165) is 19.3 Å². The summed E-state index contributed by atoms with van der Waals surface area (Å²) in [5, 5.41) is 11.7. The second-order valence-corrected chi connectivity index (χ2v) is 5.16. The molecule has 3 unspecified atom stereocenters. The van der Waals surface area contributed by atoms with Crippen molar-refractivity contribution in [1.82, 2.24) is 10.2 Å². The van der Waals surface area contributed by atoms with E-state index in [0.29, 0.717) is 6.61 Å². The smallest absolute Gasteiger partial charge is 0.326 e. The summed E-state index contributed by atoms with van der Waals surface area (Å²) in [4.78, 5) is 25.1. The molecule has 0 aromatic rings. The Labute approximate surface area is 114 Å². The summed E-state index contributed by atoms with van der Waals surface area (Å²) >= 11 is 0. The fraction of sp³-hybridized carbons (Fsp3) is 0.846. The van der Waals surface area contributed by atoms with E-state index >= 15 is 0 Å². The highest BCUT2D eigenvalue weighted by atomic mass is 16.5. The van der Waals surface area contributed by atoms with Crippen molar-refractivity contribution in [3.8, 4) is 0 Å². The first kappa shape index (κ1) is 15.8. The molecular weight excluding hydrogens is 248 g/mol. The Hall–Kier alpha value is -1.30. The zero-order valence-corrected chi connectivity index (χ0v) is 11.9. The summed E-state index contributed by atoms with van der Waals surface area (Å²) in [5.74, 6) is -1.03. The zero-order chi connectivity index (χ0) is 14.4. The van der Waals surface area contributed by atoms with Crippen LogP contribution in [0.1, 0.15) is 39.5 Å². The minimum Gasteiger partial charge on any atom is -0.480 e. The highest BCUT2D eigenvalue weighted by molar-refractivity contribution is 5.82. The van der Waals surface area contributed by atoms with Crippen LogP contribution in [0.5, 0.6) is 0 Å². The molecule has 1 aliphatic rings. The van der Waals surface area contributed by atoms with Crippen molar-refractivity contribution in [2.45, 2.75) is 57.7 Å². The van der Waals surface area contributed by atoms with Gasteiger partial charge in [0, 0.05) is 32.2 Å². The van der Waals surface area contributed by atoms with Crippen LogP contribution in [0.3, 0.4) is 0 Å². The molecule has 1 fully saturated rings. The summed E-state index contributed by atoms with van der Waals surface area (Å²) in [6.45, 7) is 4.31. The van der Waals surface area contributed by atoms with Gasteiger partial charge in [0.25, 0.3) is 0 Å². The second kappa shape index (κ2) is 7.33. The van der Waals surface area contributed by atoms with Crippen molar-refractivity contribution in [3.05, 3.63) is 0 Å². The Bertz CT molecular complexity index is 312. The van der Waals surface area contributed by atoms with Crippen LogP contribution in [-0.4, -0.2) is 53.8 Å². The number of carbonyl (C=O) groups excluding carboxylic acids is 1. The van der Waals surface area contributed by atoms with E-state index in [1.54, 1.807) is 4.90 Å². The summed E-state index contributed by atoms with van der Waals surface area (Å²) in [7, 11) is 1.51. The lowest BCUT2D eigenvalue weighted by Crippen LogP contribution is -2.55. The number of amides is 2. The van der Waals surface area contributed by atoms with Gasteiger partial charge >= 0.3 is 12.0 Å². The molecule has 19 heavy (non-hydrogen) atoms. The van der Waals surface area contributed by atoms with Gasteiger partial charge in [-0.05, 0) is 33.1 Å². The quantitative estimate of drug-likeness (QED) is 0.794. The van der Waals surface area contributed by atoms with Crippen molar-refractivity contribution in [3.63, 3.8) is 0 Å². The zero-order valence-electron chi connectivity index (χ0n) is 11.9. The molecule has 6 heteroatoms. The molecule has 1 rings (SSSR count). The van der Waals surface area contributed by atoms with Crippen LogP contribution in [0.4, 0.5) is 4.79 Å². The molecule has 110 valence electrons. The van der Waals surface area contributed by atoms with Crippen molar-refractivity contribution >= 4 is 12.0 Å². The minimum atomic E-state index is -1.03. The molecule has 0 bridgehead atoms. The number of rotatable bonds is 5. The third kappa shape index (κ3) is 4.38. The summed E-state index contributed by atoms with van der Waals surface area (Å²) < 4.78 is 4.86. The molecule has 6 nitrogen and oxygen atoms in total. The number of carbonyl (C=O) groups is 2. The van der Waals surface area contributed by atoms with Gasteiger partial charge in [-0.1, -0.05) is 0 Å². The summed E-state index contributed by atoms with van der Waals surface area (Å²) in [6.07, 6.45) is 3.31. The number of aliphatic carboxylic acids is 1. The maximum atomic E-state index is 12.2. The van der Waals surface area contributed by atoms with Gasteiger partial charge < -0.3 is 20.1 Å². The Morgan fingerprint density at radius 1 is 1.37 bits per heavy atom. The van der Waals surface area contributed by atoms with Crippen LogP contribution < -0.4 is 5.32 Å². The average Bonchev–Trinajstić information content (AvgIpc) is 2.33. The molecule has 1 aliphatic heterocycles. The highest BCUT2D eigenvalue weighted by Gasteiger charge is 2.31. The number of methoxy groups -OCH3 is 1. The minimum absolute atomic E-state index is 0.153. The molecule has 1 heterocycles. The van der Waals surface area contributed by atoms with E-state index in [1.165, 1.54) is 7.11 Å². The normalized spacial score (nSPS) is 24.9. The van der Waals surface area contributed by atoms with Crippen molar-refractivity contribution in [2.24, 2.45) is 0 Å². The lowest BCUT2D eigenvalue weighted by Gasteiger charge is -2.39. The van der Waals surface area contributed by atoms with Gasteiger partial charge in [0.05, 0.1) is 0 Å². The Kier molecular flexibility index (Phi) is 6.08. The van der Waals surface area contributed by atoms with Crippen LogP contribution in [0.25, 0.3) is 0 Å². The number of piperidine rings is 1. The van der Waals surface area contributed by atoms with Crippen LogP contribution in [0.15, 0.2) is 0 Å². The fourth-order valence-electron chi connectivity index (χ4n) is 2.54. The Morgan fingerprint density at radius 2 is 1.95 bits per heavy atom. The lowest BCUT2D eigenvalue weighted by molar-refractivity contribution is -0.139. The molecule has 3 atom stereocenters. The standard InChI is InChI=1S/C13H24N2O4/c1-9-5-4-6-10(2)15(9)13(18)14-11(12(16)17)7-8-19-3/h9-11H,4-8H2,1-3H3,(H,14,18)(H,16,17). The molecular formula is C13H24N2O4. The average molecular weight is 272 g/mol. The number of nitrogens with one attached hydrogen (secondary N) is 1. The highest BCUT2D eigenvalue weighted by Crippen LogP contribution is 2.22. The first-order valence-corrected chi connectivity index (χ1v) is 6.78. The molecule has 0 saturated carbocycles. The van der Waals surface area contributed by atoms with Crippen LogP contribution in [0, 0.1) is 0 Å². The van der Waals surface area contributed by atoms with E-state index < -0.39 is 12.0 Å². The first-order chi connectivity index (χ1) is 8.97. The molecule has 2 amide bonds. The van der Waals surface area contributed by atoms with Crippen LogP contribution in [-0.2, 0) is 9.53 Å².